The predicted octanol–water partition coefficient (Wildman–Crippen LogP) is 2.75. The van der Waals surface area contributed by atoms with Gasteiger partial charge in [-0.1, -0.05) is 0 Å². The van der Waals surface area contributed by atoms with Crippen LogP contribution in [0.25, 0.3) is 10.9 Å². The first kappa shape index (κ1) is 21.9. The predicted molar refractivity (Wildman–Crippen MR) is 121 cm³/mol. The minimum Gasteiger partial charge on any atom is -0.494 e. The summed E-state index contributed by atoms with van der Waals surface area (Å²) in [5.74, 6) is 0.500. The fourth-order valence-electron chi connectivity index (χ4n) is 4.20. The van der Waals surface area contributed by atoms with Gasteiger partial charge in [0.25, 0.3) is 5.91 Å². The van der Waals surface area contributed by atoms with Crippen LogP contribution in [-0.4, -0.2) is 52.8 Å². The standard InChI is InChI=1S/C23H29N5O4/c1-23(30)10-8-16(9-11-23)27-14-15-12-18(20(32-4)13-17(15)25-27)24-22(29)19-6-5-7-21(26(2)3)28(19)31/h5-7,12-14,16,30H,8-11H2,1-4H3,(H-,24,29,31)/p+1/t16-,23-. The average molecular weight is 441 g/mol. The molecular formula is C23H30N5O4+. The molecule has 0 saturated heterocycles. The number of aromatic nitrogens is 3. The van der Waals surface area contributed by atoms with E-state index in [1.807, 2.05) is 23.9 Å². The first-order chi connectivity index (χ1) is 15.2. The fraction of sp³-hybridized carbons (Fsp3) is 0.435. The summed E-state index contributed by atoms with van der Waals surface area (Å²) in [5, 5.41) is 29.1. The SMILES string of the molecule is COc1cc2nn([C@H]3CC[C@](C)(O)CC3)cc2cc1NC(=O)c1cccc(N(C)C)[n+]1O. The van der Waals surface area contributed by atoms with Gasteiger partial charge in [0.2, 0.25) is 5.69 Å². The quantitative estimate of drug-likeness (QED) is 0.416. The molecule has 0 aliphatic heterocycles. The Kier molecular flexibility index (Phi) is 5.68. The highest BCUT2D eigenvalue weighted by atomic mass is 16.5. The molecular weight excluding hydrogens is 410 g/mol. The summed E-state index contributed by atoms with van der Waals surface area (Å²) in [7, 11) is 5.10. The molecule has 3 N–H and O–H groups in total. The molecule has 4 rings (SSSR count). The third kappa shape index (κ3) is 4.20. The molecule has 9 nitrogen and oxygen atoms in total. The normalized spacial score (nSPS) is 20.8. The number of benzene rings is 1. The van der Waals surface area contributed by atoms with Gasteiger partial charge in [-0.3, -0.25) is 14.4 Å². The van der Waals surface area contributed by atoms with Gasteiger partial charge < -0.3 is 20.4 Å². The third-order valence-corrected chi connectivity index (χ3v) is 6.13. The number of nitrogens with one attached hydrogen (secondary N) is 1. The molecule has 0 spiro atoms. The molecule has 1 aromatic carbocycles. The van der Waals surface area contributed by atoms with Crippen LogP contribution in [0.15, 0.2) is 36.5 Å². The number of anilines is 2. The summed E-state index contributed by atoms with van der Waals surface area (Å²) in [5.41, 5.74) is 0.760. The number of ether oxygens (including phenoxy) is 1. The number of hydrogen-bond donors (Lipinski definition) is 3. The molecule has 1 fully saturated rings. The summed E-state index contributed by atoms with van der Waals surface area (Å²) in [6.45, 7) is 1.88. The van der Waals surface area contributed by atoms with Crippen molar-refractivity contribution in [3.05, 3.63) is 42.2 Å². The molecule has 3 aromatic rings. The van der Waals surface area contributed by atoms with E-state index in [-0.39, 0.29) is 11.7 Å². The molecule has 1 amide bonds. The molecule has 1 aliphatic carbocycles. The summed E-state index contributed by atoms with van der Waals surface area (Å²) in [4.78, 5) is 14.6. The summed E-state index contributed by atoms with van der Waals surface area (Å²) in [6.07, 6.45) is 5.17. The zero-order valence-electron chi connectivity index (χ0n) is 18.9. The molecule has 0 atom stereocenters. The number of nitrogens with zero attached hydrogens (tertiary/aromatic N) is 4. The van der Waals surface area contributed by atoms with Crippen molar-refractivity contribution in [2.45, 2.75) is 44.2 Å². The van der Waals surface area contributed by atoms with Crippen LogP contribution in [0.1, 0.15) is 49.1 Å². The minimum atomic E-state index is -0.600. The Labute approximate surface area is 186 Å². The van der Waals surface area contributed by atoms with Crippen LogP contribution in [0.2, 0.25) is 0 Å². The second kappa shape index (κ2) is 8.31. The van der Waals surface area contributed by atoms with Crippen LogP contribution in [0.4, 0.5) is 11.5 Å². The first-order valence-electron chi connectivity index (χ1n) is 10.7. The van der Waals surface area contributed by atoms with E-state index < -0.39 is 11.5 Å². The smallest absolute Gasteiger partial charge is 0.316 e. The molecule has 9 heteroatoms. The van der Waals surface area contributed by atoms with Crippen LogP contribution in [0, 0.1) is 0 Å². The molecule has 0 bridgehead atoms. The largest absolute Gasteiger partial charge is 0.494 e. The van der Waals surface area contributed by atoms with Crippen molar-refractivity contribution in [2.24, 2.45) is 0 Å². The maximum Gasteiger partial charge on any atom is 0.316 e. The van der Waals surface area contributed by atoms with E-state index in [0.29, 0.717) is 17.3 Å². The Hall–Kier alpha value is -3.33. The number of fused-ring (bicyclic) bond motifs is 1. The van der Waals surface area contributed by atoms with E-state index in [2.05, 4.69) is 5.32 Å². The second-order valence-electron chi connectivity index (χ2n) is 8.88. The molecule has 170 valence electrons. The number of pyridine rings is 1. The van der Waals surface area contributed by atoms with E-state index in [1.165, 1.54) is 7.11 Å². The lowest BCUT2D eigenvalue weighted by atomic mass is 9.84. The lowest BCUT2D eigenvalue weighted by Gasteiger charge is -2.33. The molecule has 32 heavy (non-hydrogen) atoms. The summed E-state index contributed by atoms with van der Waals surface area (Å²) in [6, 6.07) is 8.82. The monoisotopic (exact) mass is 440 g/mol. The summed E-state index contributed by atoms with van der Waals surface area (Å²) < 4.78 is 8.30. The second-order valence-corrected chi connectivity index (χ2v) is 8.88. The van der Waals surface area contributed by atoms with Crippen molar-refractivity contribution < 1.29 is 24.6 Å². The lowest BCUT2D eigenvalue weighted by molar-refractivity contribution is -0.895. The molecule has 2 aromatic heterocycles. The van der Waals surface area contributed by atoms with E-state index in [0.717, 1.165) is 41.3 Å². The van der Waals surface area contributed by atoms with Crippen molar-refractivity contribution in [3.8, 4) is 5.75 Å². The number of rotatable bonds is 5. The highest BCUT2D eigenvalue weighted by Crippen LogP contribution is 2.36. The highest BCUT2D eigenvalue weighted by molar-refractivity contribution is 6.04. The Morgan fingerprint density at radius 3 is 2.69 bits per heavy atom. The Morgan fingerprint density at radius 2 is 2.03 bits per heavy atom. The molecule has 0 radical (unpaired) electrons. The van der Waals surface area contributed by atoms with Crippen molar-refractivity contribution in [1.29, 1.82) is 0 Å². The highest BCUT2D eigenvalue weighted by Gasteiger charge is 2.30. The molecule has 1 saturated carbocycles. The maximum absolute atomic E-state index is 12.9. The number of carbonyl (C=O) groups is 1. The Bertz CT molecular complexity index is 1140. The van der Waals surface area contributed by atoms with Gasteiger partial charge in [-0.25, -0.2) is 0 Å². The van der Waals surface area contributed by atoms with Crippen molar-refractivity contribution in [2.75, 3.05) is 31.4 Å². The van der Waals surface area contributed by atoms with Gasteiger partial charge in [-0.05, 0) is 55.5 Å². The number of aliphatic hydroxyl groups is 1. The van der Waals surface area contributed by atoms with Crippen LogP contribution in [-0.2, 0) is 0 Å². The van der Waals surface area contributed by atoms with Gasteiger partial charge in [0.05, 0.1) is 44.1 Å². The van der Waals surface area contributed by atoms with Crippen molar-refractivity contribution in [1.82, 2.24) is 9.78 Å². The van der Waals surface area contributed by atoms with Gasteiger partial charge in [0, 0.05) is 23.7 Å². The van der Waals surface area contributed by atoms with Crippen LogP contribution in [0.3, 0.4) is 0 Å². The number of methoxy groups -OCH3 is 1. The lowest BCUT2D eigenvalue weighted by Crippen LogP contribution is -2.44. The van der Waals surface area contributed by atoms with Crippen LogP contribution in [0.5, 0.6) is 5.75 Å². The van der Waals surface area contributed by atoms with Crippen LogP contribution >= 0.6 is 0 Å². The first-order valence-corrected chi connectivity index (χ1v) is 10.7. The molecule has 2 heterocycles. The van der Waals surface area contributed by atoms with E-state index in [9.17, 15) is 15.1 Å². The van der Waals surface area contributed by atoms with E-state index in [4.69, 9.17) is 9.84 Å². The number of amides is 1. The molecule has 1 aliphatic rings. The topological polar surface area (TPSA) is 104 Å². The average Bonchev–Trinajstić information content (AvgIpc) is 3.15. The maximum atomic E-state index is 12.9. The van der Waals surface area contributed by atoms with Gasteiger partial charge >= 0.3 is 5.82 Å². The summed E-state index contributed by atoms with van der Waals surface area (Å²) >= 11 is 0. The van der Waals surface area contributed by atoms with E-state index >= 15 is 0 Å². The molecule has 0 unspecified atom stereocenters. The fourth-order valence-corrected chi connectivity index (χ4v) is 4.20. The zero-order chi connectivity index (χ0) is 23.0. The minimum absolute atomic E-state index is 0.100. The zero-order valence-corrected chi connectivity index (χ0v) is 18.9. The Morgan fingerprint density at radius 1 is 1.31 bits per heavy atom. The van der Waals surface area contributed by atoms with Gasteiger partial charge in [-0.15, -0.1) is 0 Å². The number of carbonyl (C=O) groups excluding carboxylic acids is 1. The van der Waals surface area contributed by atoms with Crippen molar-refractivity contribution >= 4 is 28.3 Å². The number of hydrogen-bond acceptors (Lipinski definition) is 6. The third-order valence-electron chi connectivity index (χ3n) is 6.13. The van der Waals surface area contributed by atoms with Gasteiger partial charge in [0.1, 0.15) is 5.75 Å². The van der Waals surface area contributed by atoms with E-state index in [1.54, 1.807) is 43.3 Å². The van der Waals surface area contributed by atoms with Gasteiger partial charge in [0.15, 0.2) is 0 Å². The van der Waals surface area contributed by atoms with Crippen LogP contribution < -0.4 is 19.7 Å². The van der Waals surface area contributed by atoms with Crippen molar-refractivity contribution in [3.63, 3.8) is 0 Å². The van der Waals surface area contributed by atoms with Gasteiger partial charge in [-0.2, -0.15) is 5.10 Å². The Balaban J connectivity index is 1.62.